The van der Waals surface area contributed by atoms with E-state index in [4.69, 9.17) is 5.11 Å². The second kappa shape index (κ2) is 4.77. The Morgan fingerprint density at radius 1 is 1.33 bits per heavy atom. The molecule has 6 heteroatoms. The van der Waals surface area contributed by atoms with Gasteiger partial charge in [-0.15, -0.1) is 0 Å². The third-order valence-corrected chi connectivity index (χ3v) is 1.90. The number of likely N-dealkylation sites (N-methyl/N-ethyl adjacent to an activating group) is 1. The highest BCUT2D eigenvalue weighted by atomic mass is 16.4. The summed E-state index contributed by atoms with van der Waals surface area (Å²) in [6.45, 7) is 3.93. The Morgan fingerprint density at radius 2 is 1.80 bits per heavy atom. The van der Waals surface area contributed by atoms with Crippen LogP contribution in [-0.2, 0) is 14.4 Å². The van der Waals surface area contributed by atoms with Crippen LogP contribution < -0.4 is 5.32 Å². The van der Waals surface area contributed by atoms with Gasteiger partial charge in [0.05, 0.1) is 6.54 Å². The molecule has 0 saturated heterocycles. The molecule has 0 bridgehead atoms. The van der Waals surface area contributed by atoms with Crippen molar-refractivity contribution in [1.82, 2.24) is 10.2 Å². The number of rotatable bonds is 4. The first-order valence-electron chi connectivity index (χ1n) is 4.43. The van der Waals surface area contributed by atoms with Crippen LogP contribution in [0.4, 0.5) is 0 Å². The molecule has 0 heterocycles. The fourth-order valence-corrected chi connectivity index (χ4v) is 0.768. The van der Waals surface area contributed by atoms with Gasteiger partial charge in [-0.05, 0) is 13.8 Å². The van der Waals surface area contributed by atoms with E-state index in [1.807, 2.05) is 0 Å². The van der Waals surface area contributed by atoms with Gasteiger partial charge in [-0.3, -0.25) is 9.59 Å². The molecule has 0 atom stereocenters. The van der Waals surface area contributed by atoms with E-state index in [9.17, 15) is 14.4 Å². The molecule has 0 aromatic heterocycles. The Hall–Kier alpha value is -1.59. The summed E-state index contributed by atoms with van der Waals surface area (Å²) in [7, 11) is 1.47. The SMILES string of the molecule is CC(=O)N(C)CC(=O)NC(C)(C)C(=O)O. The van der Waals surface area contributed by atoms with Crippen LogP contribution >= 0.6 is 0 Å². The predicted molar refractivity (Wildman–Crippen MR) is 53.2 cm³/mol. The first-order chi connectivity index (χ1) is 6.66. The van der Waals surface area contributed by atoms with Crippen molar-refractivity contribution in [3.05, 3.63) is 0 Å². The highest BCUT2D eigenvalue weighted by molar-refractivity contribution is 5.89. The second-order valence-electron chi connectivity index (χ2n) is 3.85. The van der Waals surface area contributed by atoms with Crippen LogP contribution in [0.1, 0.15) is 20.8 Å². The fourth-order valence-electron chi connectivity index (χ4n) is 0.768. The van der Waals surface area contributed by atoms with Crippen molar-refractivity contribution in [3.63, 3.8) is 0 Å². The average molecular weight is 216 g/mol. The van der Waals surface area contributed by atoms with Crippen molar-refractivity contribution in [1.29, 1.82) is 0 Å². The summed E-state index contributed by atoms with van der Waals surface area (Å²) in [5, 5.41) is 11.0. The van der Waals surface area contributed by atoms with Crippen LogP contribution in [0.5, 0.6) is 0 Å². The van der Waals surface area contributed by atoms with Gasteiger partial charge < -0.3 is 15.3 Å². The minimum Gasteiger partial charge on any atom is -0.480 e. The van der Waals surface area contributed by atoms with Gasteiger partial charge in [-0.1, -0.05) is 0 Å². The molecule has 0 aliphatic rings. The molecule has 0 radical (unpaired) electrons. The molecule has 0 aliphatic heterocycles. The standard InChI is InChI=1S/C9H16N2O4/c1-6(12)11(4)5-7(13)10-9(2,3)8(14)15/h5H2,1-4H3,(H,10,13)(H,14,15). The minimum atomic E-state index is -1.32. The molecule has 86 valence electrons. The molecule has 0 spiro atoms. The lowest BCUT2D eigenvalue weighted by molar-refractivity contribution is -0.146. The molecule has 15 heavy (non-hydrogen) atoms. The highest BCUT2D eigenvalue weighted by Gasteiger charge is 2.29. The molecule has 0 saturated carbocycles. The third kappa shape index (κ3) is 4.44. The van der Waals surface area contributed by atoms with Crippen molar-refractivity contribution in [2.75, 3.05) is 13.6 Å². The number of nitrogens with one attached hydrogen (secondary N) is 1. The maximum Gasteiger partial charge on any atom is 0.328 e. The van der Waals surface area contributed by atoms with Crippen LogP contribution in [0.25, 0.3) is 0 Å². The van der Waals surface area contributed by atoms with E-state index in [1.54, 1.807) is 0 Å². The zero-order valence-electron chi connectivity index (χ0n) is 9.33. The van der Waals surface area contributed by atoms with Gasteiger partial charge in [-0.25, -0.2) is 4.79 Å². The Bertz CT molecular complexity index is 286. The lowest BCUT2D eigenvalue weighted by atomic mass is 10.1. The summed E-state index contributed by atoms with van der Waals surface area (Å²) in [6.07, 6.45) is 0. The summed E-state index contributed by atoms with van der Waals surface area (Å²) in [5.74, 6) is -1.88. The summed E-state index contributed by atoms with van der Waals surface area (Å²) in [6, 6.07) is 0. The number of hydrogen-bond donors (Lipinski definition) is 2. The van der Waals surface area contributed by atoms with Crippen molar-refractivity contribution >= 4 is 17.8 Å². The zero-order valence-corrected chi connectivity index (χ0v) is 9.33. The smallest absolute Gasteiger partial charge is 0.328 e. The topological polar surface area (TPSA) is 86.7 Å². The molecule has 0 rings (SSSR count). The van der Waals surface area contributed by atoms with E-state index in [1.165, 1.54) is 32.7 Å². The number of hydrogen-bond acceptors (Lipinski definition) is 3. The number of carboxylic acids is 1. The van der Waals surface area contributed by atoms with E-state index in [2.05, 4.69) is 5.32 Å². The van der Waals surface area contributed by atoms with Crippen LogP contribution in [0, 0.1) is 0 Å². The maximum atomic E-state index is 11.3. The molecule has 0 aliphatic carbocycles. The number of carbonyl (C=O) groups is 3. The Labute approximate surface area is 88.2 Å². The second-order valence-corrected chi connectivity index (χ2v) is 3.85. The summed E-state index contributed by atoms with van der Waals surface area (Å²) in [4.78, 5) is 34.0. The quantitative estimate of drug-likeness (QED) is 0.659. The van der Waals surface area contributed by atoms with Crippen LogP contribution in [0.2, 0.25) is 0 Å². The summed E-state index contributed by atoms with van der Waals surface area (Å²) >= 11 is 0. The largest absolute Gasteiger partial charge is 0.480 e. The van der Waals surface area contributed by atoms with Crippen molar-refractivity contribution in [3.8, 4) is 0 Å². The first-order valence-corrected chi connectivity index (χ1v) is 4.43. The summed E-state index contributed by atoms with van der Waals surface area (Å²) in [5.41, 5.74) is -1.32. The lowest BCUT2D eigenvalue weighted by Gasteiger charge is -2.22. The third-order valence-electron chi connectivity index (χ3n) is 1.90. The zero-order chi connectivity index (χ0) is 12.2. The number of carboxylic acid groups (broad SMARTS) is 1. The van der Waals surface area contributed by atoms with E-state index < -0.39 is 17.4 Å². The molecular weight excluding hydrogens is 200 g/mol. The van der Waals surface area contributed by atoms with E-state index in [-0.39, 0.29) is 12.5 Å². The van der Waals surface area contributed by atoms with Gasteiger partial charge in [0.1, 0.15) is 5.54 Å². The number of amides is 2. The number of nitrogens with zero attached hydrogens (tertiary/aromatic N) is 1. The summed E-state index contributed by atoms with van der Waals surface area (Å²) < 4.78 is 0. The predicted octanol–water partition coefficient (Wildman–Crippen LogP) is -0.556. The van der Waals surface area contributed by atoms with Crippen LogP contribution in [0.3, 0.4) is 0 Å². The van der Waals surface area contributed by atoms with Crippen LogP contribution in [0.15, 0.2) is 0 Å². The van der Waals surface area contributed by atoms with Gasteiger partial charge in [0, 0.05) is 14.0 Å². The molecule has 0 unspecified atom stereocenters. The van der Waals surface area contributed by atoms with E-state index in [0.29, 0.717) is 0 Å². The van der Waals surface area contributed by atoms with Gasteiger partial charge in [0.15, 0.2) is 0 Å². The van der Waals surface area contributed by atoms with Gasteiger partial charge in [0.25, 0.3) is 0 Å². The number of aliphatic carboxylic acids is 1. The molecule has 2 N–H and O–H groups in total. The van der Waals surface area contributed by atoms with E-state index in [0.717, 1.165) is 0 Å². The van der Waals surface area contributed by atoms with Crippen molar-refractivity contribution < 1.29 is 19.5 Å². The molecular formula is C9H16N2O4. The Balaban J connectivity index is 4.27. The minimum absolute atomic E-state index is 0.147. The molecule has 0 fully saturated rings. The molecule has 0 aromatic rings. The van der Waals surface area contributed by atoms with Gasteiger partial charge >= 0.3 is 5.97 Å². The number of carbonyl (C=O) groups excluding carboxylic acids is 2. The van der Waals surface area contributed by atoms with Crippen molar-refractivity contribution in [2.24, 2.45) is 0 Å². The normalized spacial score (nSPS) is 10.7. The average Bonchev–Trinajstić information content (AvgIpc) is 2.01. The fraction of sp³-hybridized carbons (Fsp3) is 0.667. The van der Waals surface area contributed by atoms with E-state index >= 15 is 0 Å². The molecule has 2 amide bonds. The van der Waals surface area contributed by atoms with Crippen molar-refractivity contribution in [2.45, 2.75) is 26.3 Å². The van der Waals surface area contributed by atoms with Crippen LogP contribution in [-0.4, -0.2) is 46.9 Å². The monoisotopic (exact) mass is 216 g/mol. The van der Waals surface area contributed by atoms with Gasteiger partial charge in [-0.2, -0.15) is 0 Å². The maximum absolute atomic E-state index is 11.3. The molecule has 6 nitrogen and oxygen atoms in total. The first kappa shape index (κ1) is 13.4. The Kier molecular flexibility index (Phi) is 4.26. The molecule has 0 aromatic carbocycles. The lowest BCUT2D eigenvalue weighted by Crippen LogP contribution is -2.52. The Morgan fingerprint density at radius 3 is 2.13 bits per heavy atom. The highest BCUT2D eigenvalue weighted by Crippen LogP contribution is 2.01. The van der Waals surface area contributed by atoms with Gasteiger partial charge in [0.2, 0.25) is 11.8 Å².